The molecule has 3 rings (SSSR count). The third kappa shape index (κ3) is 2.75. The molecule has 1 aromatic rings. The molecule has 5 heteroatoms. The minimum atomic E-state index is 0.0499. The van der Waals surface area contributed by atoms with Crippen LogP contribution in [0.1, 0.15) is 25.3 Å². The van der Waals surface area contributed by atoms with E-state index in [9.17, 15) is 4.79 Å². The topological polar surface area (TPSA) is 38.8 Å². The maximum Gasteiger partial charge on any atom is 0.227 e. The van der Waals surface area contributed by atoms with Crippen LogP contribution in [0.4, 0.5) is 0 Å². The van der Waals surface area contributed by atoms with Gasteiger partial charge in [-0.2, -0.15) is 11.3 Å². The van der Waals surface area contributed by atoms with E-state index in [4.69, 9.17) is 9.47 Å². The fourth-order valence-corrected chi connectivity index (χ4v) is 3.95. The highest BCUT2D eigenvalue weighted by molar-refractivity contribution is 7.07. The van der Waals surface area contributed by atoms with Crippen molar-refractivity contribution >= 4 is 17.2 Å². The number of fused-ring (bicyclic) bond motifs is 2. The van der Waals surface area contributed by atoms with Gasteiger partial charge in [-0.25, -0.2) is 0 Å². The van der Waals surface area contributed by atoms with Crippen molar-refractivity contribution in [1.82, 2.24) is 4.90 Å². The number of amides is 1. The number of thiophene rings is 1. The van der Waals surface area contributed by atoms with Gasteiger partial charge in [0.15, 0.2) is 0 Å². The van der Waals surface area contributed by atoms with Crippen LogP contribution >= 0.6 is 11.3 Å². The first-order chi connectivity index (χ1) is 9.79. The summed E-state index contributed by atoms with van der Waals surface area (Å²) in [5.74, 6) is 0.198. The summed E-state index contributed by atoms with van der Waals surface area (Å²) in [7, 11) is 0. The van der Waals surface area contributed by atoms with Gasteiger partial charge in [-0.1, -0.05) is 0 Å². The largest absolute Gasteiger partial charge is 0.374 e. The number of carbonyl (C=O) groups excluding carboxylic acids is 1. The summed E-state index contributed by atoms with van der Waals surface area (Å²) in [6, 6.07) is 2.21. The Kier molecular flexibility index (Phi) is 4.38. The molecule has 1 saturated heterocycles. The quantitative estimate of drug-likeness (QED) is 0.854. The fraction of sp³-hybridized carbons (Fsp3) is 0.667. The third-order valence-electron chi connectivity index (χ3n) is 4.17. The molecular weight excluding hydrogens is 274 g/mol. The molecular formula is C15H21NO3S. The zero-order valence-corrected chi connectivity index (χ0v) is 12.6. The number of carbonyl (C=O) groups is 1. The highest BCUT2D eigenvalue weighted by atomic mass is 32.1. The van der Waals surface area contributed by atoms with Crippen molar-refractivity contribution in [2.45, 2.75) is 44.4 Å². The van der Waals surface area contributed by atoms with Gasteiger partial charge in [0.1, 0.15) is 6.10 Å². The van der Waals surface area contributed by atoms with Gasteiger partial charge in [-0.15, -0.1) is 0 Å². The number of rotatable bonds is 4. The van der Waals surface area contributed by atoms with Crippen molar-refractivity contribution in [3.8, 4) is 0 Å². The van der Waals surface area contributed by atoms with Gasteiger partial charge in [0.2, 0.25) is 5.91 Å². The standard InChI is InChI=1S/C15H21NO3S/c1-2-18-15-12-3-4-13(15)19-7-6-16(12)14(17)9-11-5-8-20-10-11/h5,8,10,12-13,15H,2-4,6-7,9H2,1H3. The zero-order chi connectivity index (χ0) is 13.9. The smallest absolute Gasteiger partial charge is 0.227 e. The molecule has 3 unspecified atom stereocenters. The highest BCUT2D eigenvalue weighted by Gasteiger charge is 2.44. The molecule has 4 nitrogen and oxygen atoms in total. The average molecular weight is 295 g/mol. The Morgan fingerprint density at radius 3 is 3.20 bits per heavy atom. The van der Waals surface area contributed by atoms with Crippen molar-refractivity contribution in [1.29, 1.82) is 0 Å². The lowest BCUT2D eigenvalue weighted by Crippen LogP contribution is -2.47. The van der Waals surface area contributed by atoms with Gasteiger partial charge < -0.3 is 14.4 Å². The molecule has 110 valence electrons. The third-order valence-corrected chi connectivity index (χ3v) is 4.90. The Morgan fingerprint density at radius 1 is 1.55 bits per heavy atom. The molecule has 0 aromatic carbocycles. The van der Waals surface area contributed by atoms with Crippen LogP contribution in [0.25, 0.3) is 0 Å². The summed E-state index contributed by atoms with van der Waals surface area (Å²) in [6.45, 7) is 3.99. The second-order valence-electron chi connectivity index (χ2n) is 5.37. The van der Waals surface area contributed by atoms with Crippen LogP contribution in [0, 0.1) is 0 Å². The molecule has 1 aliphatic heterocycles. The van der Waals surface area contributed by atoms with Gasteiger partial charge in [-0.3, -0.25) is 4.79 Å². The lowest BCUT2D eigenvalue weighted by Gasteiger charge is -2.31. The maximum atomic E-state index is 12.6. The molecule has 2 bridgehead atoms. The number of hydrogen-bond acceptors (Lipinski definition) is 4. The van der Waals surface area contributed by atoms with Crippen LogP contribution in [0.3, 0.4) is 0 Å². The van der Waals surface area contributed by atoms with E-state index in [2.05, 4.69) is 0 Å². The van der Waals surface area contributed by atoms with Crippen LogP contribution in [-0.4, -0.2) is 48.8 Å². The maximum absolute atomic E-state index is 12.6. The molecule has 20 heavy (non-hydrogen) atoms. The van der Waals surface area contributed by atoms with E-state index in [1.165, 1.54) is 0 Å². The second-order valence-corrected chi connectivity index (χ2v) is 6.15. The van der Waals surface area contributed by atoms with Crippen molar-refractivity contribution in [2.75, 3.05) is 19.8 Å². The molecule has 3 atom stereocenters. The normalized spacial score (nSPS) is 29.4. The van der Waals surface area contributed by atoms with E-state index in [1.807, 2.05) is 28.7 Å². The summed E-state index contributed by atoms with van der Waals surface area (Å²) in [4.78, 5) is 14.6. The lowest BCUT2D eigenvalue weighted by atomic mass is 10.1. The van der Waals surface area contributed by atoms with Gasteiger partial charge in [0, 0.05) is 13.2 Å². The molecule has 0 spiro atoms. The van der Waals surface area contributed by atoms with Crippen molar-refractivity contribution in [3.63, 3.8) is 0 Å². The molecule has 0 radical (unpaired) electrons. The molecule has 1 aliphatic carbocycles. The van der Waals surface area contributed by atoms with E-state index < -0.39 is 0 Å². The molecule has 2 aliphatic rings. The van der Waals surface area contributed by atoms with Crippen LogP contribution in [0.15, 0.2) is 16.8 Å². The van der Waals surface area contributed by atoms with Crippen LogP contribution in [0.5, 0.6) is 0 Å². The first kappa shape index (κ1) is 14.0. The Morgan fingerprint density at radius 2 is 2.45 bits per heavy atom. The van der Waals surface area contributed by atoms with Crippen LogP contribution < -0.4 is 0 Å². The van der Waals surface area contributed by atoms with E-state index in [1.54, 1.807) is 11.3 Å². The molecule has 0 N–H and O–H groups in total. The van der Waals surface area contributed by atoms with Crippen LogP contribution in [-0.2, 0) is 20.7 Å². The van der Waals surface area contributed by atoms with Crippen LogP contribution in [0.2, 0.25) is 0 Å². The predicted octanol–water partition coefficient (Wildman–Crippen LogP) is 2.09. The monoisotopic (exact) mass is 295 g/mol. The summed E-state index contributed by atoms with van der Waals surface area (Å²) in [5, 5.41) is 4.06. The molecule has 1 aromatic heterocycles. The van der Waals surface area contributed by atoms with Crippen molar-refractivity contribution < 1.29 is 14.3 Å². The fourth-order valence-electron chi connectivity index (χ4n) is 3.28. The van der Waals surface area contributed by atoms with E-state index in [0.29, 0.717) is 26.2 Å². The van der Waals surface area contributed by atoms with E-state index in [-0.39, 0.29) is 24.2 Å². The number of ether oxygens (including phenoxy) is 2. The SMILES string of the molecule is CCOC1C2CCC1N(C(=O)Cc1ccsc1)CCO2. The summed E-state index contributed by atoms with van der Waals surface area (Å²) >= 11 is 1.64. The summed E-state index contributed by atoms with van der Waals surface area (Å²) < 4.78 is 11.7. The Bertz CT molecular complexity index is 448. The molecule has 2 heterocycles. The Balaban J connectivity index is 1.72. The minimum absolute atomic E-state index is 0.0499. The summed E-state index contributed by atoms with van der Waals surface area (Å²) in [6.07, 6.45) is 2.69. The molecule has 1 saturated carbocycles. The number of hydrogen-bond donors (Lipinski definition) is 0. The Hall–Kier alpha value is -0.910. The molecule has 1 amide bonds. The average Bonchev–Trinajstić information content (AvgIpc) is 2.99. The van der Waals surface area contributed by atoms with Gasteiger partial charge >= 0.3 is 0 Å². The summed E-state index contributed by atoms with van der Waals surface area (Å²) in [5.41, 5.74) is 1.10. The first-order valence-corrected chi connectivity index (χ1v) is 8.27. The Labute approximate surface area is 123 Å². The second kappa shape index (κ2) is 6.24. The van der Waals surface area contributed by atoms with E-state index in [0.717, 1.165) is 18.4 Å². The van der Waals surface area contributed by atoms with Crippen molar-refractivity contribution in [2.24, 2.45) is 0 Å². The van der Waals surface area contributed by atoms with Gasteiger partial charge in [-0.05, 0) is 42.2 Å². The predicted molar refractivity (Wildman–Crippen MR) is 77.9 cm³/mol. The first-order valence-electron chi connectivity index (χ1n) is 7.33. The molecule has 2 fully saturated rings. The van der Waals surface area contributed by atoms with Crippen molar-refractivity contribution in [3.05, 3.63) is 22.4 Å². The zero-order valence-electron chi connectivity index (χ0n) is 11.8. The van der Waals surface area contributed by atoms with Gasteiger partial charge in [0.05, 0.1) is 25.2 Å². The minimum Gasteiger partial charge on any atom is -0.374 e. The van der Waals surface area contributed by atoms with Gasteiger partial charge in [0.25, 0.3) is 0 Å². The number of nitrogens with zero attached hydrogens (tertiary/aromatic N) is 1. The highest BCUT2D eigenvalue weighted by Crippen LogP contribution is 2.32. The lowest BCUT2D eigenvalue weighted by molar-refractivity contribution is -0.135. The van der Waals surface area contributed by atoms with E-state index >= 15 is 0 Å².